The van der Waals surface area contributed by atoms with Gasteiger partial charge in [0.25, 0.3) is 0 Å². The number of hydrogen-bond donors (Lipinski definition) is 0. The first-order valence-corrected chi connectivity index (χ1v) is 23.0. The van der Waals surface area contributed by atoms with Crippen LogP contribution in [0.15, 0.2) is 182 Å². The van der Waals surface area contributed by atoms with Crippen molar-refractivity contribution in [3.63, 3.8) is 0 Å². The Hall–Kier alpha value is -5.12. The third-order valence-corrected chi connectivity index (χ3v) is 11.9. The van der Waals surface area contributed by atoms with Gasteiger partial charge in [0.2, 0.25) is 0 Å². The molecule has 11 heteroatoms. The summed E-state index contributed by atoms with van der Waals surface area (Å²) in [4.78, 5) is 0. The molecule has 352 valence electrons. The Balaban J connectivity index is 1.09. The zero-order valence-corrected chi connectivity index (χ0v) is 38.2. The average Bonchev–Trinajstić information content (AvgIpc) is 3.39. The molecule has 10 unspecified atom stereocenters. The predicted molar refractivity (Wildman–Crippen MR) is 252 cm³/mol. The fourth-order valence-corrected chi connectivity index (χ4v) is 8.45. The van der Waals surface area contributed by atoms with Crippen LogP contribution in [0.3, 0.4) is 0 Å². The van der Waals surface area contributed by atoms with Gasteiger partial charge in [0.15, 0.2) is 12.6 Å². The Morgan fingerprint density at radius 3 is 0.896 bits per heavy atom. The molecule has 10 atom stereocenters. The summed E-state index contributed by atoms with van der Waals surface area (Å²) in [6.45, 7) is 2.13. The van der Waals surface area contributed by atoms with E-state index in [1.165, 1.54) is 0 Å². The summed E-state index contributed by atoms with van der Waals surface area (Å²) >= 11 is 0. The molecular weight excluding hydrogens is 849 g/mol. The minimum atomic E-state index is -0.875. The topological polar surface area (TPSA) is 102 Å². The second-order valence-electron chi connectivity index (χ2n) is 16.7. The molecule has 2 aliphatic heterocycles. The predicted octanol–water partition coefficient (Wildman–Crippen LogP) is 9.26. The van der Waals surface area contributed by atoms with Crippen molar-refractivity contribution in [1.29, 1.82) is 0 Å². The van der Waals surface area contributed by atoms with Crippen LogP contribution >= 0.6 is 0 Å². The van der Waals surface area contributed by atoms with Gasteiger partial charge < -0.3 is 52.1 Å². The Morgan fingerprint density at radius 2 is 0.567 bits per heavy atom. The highest BCUT2D eigenvalue weighted by Crippen LogP contribution is 2.35. The molecule has 8 rings (SSSR count). The quantitative estimate of drug-likeness (QED) is 0.0581. The smallest absolute Gasteiger partial charge is 0.186 e. The second-order valence-corrected chi connectivity index (χ2v) is 16.7. The first-order valence-electron chi connectivity index (χ1n) is 23.0. The van der Waals surface area contributed by atoms with E-state index in [4.69, 9.17) is 52.1 Å². The number of rotatable bonds is 24. The zero-order chi connectivity index (χ0) is 45.9. The van der Waals surface area contributed by atoms with Crippen molar-refractivity contribution in [3.05, 3.63) is 215 Å². The van der Waals surface area contributed by atoms with Crippen LogP contribution in [-0.4, -0.2) is 88.8 Å². The van der Waals surface area contributed by atoms with Gasteiger partial charge in [-0.15, -0.1) is 0 Å². The third-order valence-electron chi connectivity index (χ3n) is 11.9. The molecule has 2 aliphatic rings. The van der Waals surface area contributed by atoms with Gasteiger partial charge in [0.05, 0.1) is 52.9 Å². The van der Waals surface area contributed by atoms with Crippen molar-refractivity contribution in [2.75, 3.05) is 27.4 Å². The SMILES string of the molecule is COC1OC(COCc2ccccc2)C(OCc2ccccc2)C(OCc2ccccc2)C1OCC1OC(OC)C(OCc2ccccc2)C(OCc2ccccc2)C1OCc1ccccc1. The third kappa shape index (κ3) is 14.0. The molecule has 2 saturated heterocycles. The molecule has 0 saturated carbocycles. The number of methoxy groups -OCH3 is 2. The molecule has 0 aromatic heterocycles. The summed E-state index contributed by atoms with van der Waals surface area (Å²) in [6.07, 6.45) is -7.15. The van der Waals surface area contributed by atoms with Gasteiger partial charge in [0, 0.05) is 14.2 Å². The van der Waals surface area contributed by atoms with Crippen molar-refractivity contribution >= 4 is 0 Å². The fraction of sp³-hybridized carbons (Fsp3) is 0.357. The molecule has 0 radical (unpaired) electrons. The van der Waals surface area contributed by atoms with Crippen molar-refractivity contribution in [3.8, 4) is 0 Å². The molecule has 0 spiro atoms. The van der Waals surface area contributed by atoms with Crippen molar-refractivity contribution in [2.45, 2.75) is 101 Å². The van der Waals surface area contributed by atoms with Gasteiger partial charge in [-0.25, -0.2) is 0 Å². The van der Waals surface area contributed by atoms with E-state index in [9.17, 15) is 0 Å². The molecule has 2 fully saturated rings. The van der Waals surface area contributed by atoms with E-state index >= 15 is 0 Å². The Bertz CT molecular complexity index is 2240. The summed E-state index contributed by atoms with van der Waals surface area (Å²) < 4.78 is 73.4. The van der Waals surface area contributed by atoms with Crippen molar-refractivity contribution in [2.24, 2.45) is 0 Å². The molecule has 6 aromatic carbocycles. The largest absolute Gasteiger partial charge is 0.374 e. The molecule has 2 heterocycles. The minimum Gasteiger partial charge on any atom is -0.374 e. The maximum Gasteiger partial charge on any atom is 0.186 e. The fourth-order valence-electron chi connectivity index (χ4n) is 8.45. The standard InChI is InChI=1S/C56H62O11/c1-57-55-53(64-38-46-31-19-8-20-32-46)52(63-37-45-29-17-7-18-30-45)50(61-35-43-25-13-5-14-26-43)48(67-55)40-65-54-51(62-36-44-27-15-6-16-28-44)49(60-34-42-23-11-4-12-24-42)47(66-56(54)58-2)39-59-33-41-21-9-3-10-22-41/h3-32,47-56H,33-40H2,1-2H3. The van der Waals surface area contributed by atoms with E-state index in [0.717, 1.165) is 33.4 Å². The zero-order valence-electron chi connectivity index (χ0n) is 38.2. The Morgan fingerprint density at radius 1 is 0.299 bits per heavy atom. The molecule has 0 aliphatic carbocycles. The van der Waals surface area contributed by atoms with Crippen LogP contribution in [0.1, 0.15) is 33.4 Å². The van der Waals surface area contributed by atoms with E-state index in [1.807, 2.05) is 182 Å². The van der Waals surface area contributed by atoms with Crippen LogP contribution in [0.4, 0.5) is 0 Å². The van der Waals surface area contributed by atoms with Crippen LogP contribution in [0.5, 0.6) is 0 Å². The number of benzene rings is 6. The lowest BCUT2D eigenvalue weighted by Gasteiger charge is -2.48. The van der Waals surface area contributed by atoms with Gasteiger partial charge >= 0.3 is 0 Å². The van der Waals surface area contributed by atoms with E-state index in [2.05, 4.69) is 0 Å². The van der Waals surface area contributed by atoms with Crippen LogP contribution in [0.25, 0.3) is 0 Å². The Labute approximate surface area is 394 Å². The summed E-state index contributed by atoms with van der Waals surface area (Å²) in [7, 11) is 3.22. The van der Waals surface area contributed by atoms with Crippen LogP contribution in [0.2, 0.25) is 0 Å². The highest BCUT2D eigenvalue weighted by Gasteiger charge is 2.52. The Kier molecular flexibility index (Phi) is 18.7. The van der Waals surface area contributed by atoms with Gasteiger partial charge in [-0.3, -0.25) is 0 Å². The van der Waals surface area contributed by atoms with E-state index in [1.54, 1.807) is 14.2 Å². The normalized spacial score (nSPS) is 25.2. The minimum absolute atomic E-state index is 0.0234. The van der Waals surface area contributed by atoms with Crippen molar-refractivity contribution in [1.82, 2.24) is 0 Å². The van der Waals surface area contributed by atoms with Crippen molar-refractivity contribution < 1.29 is 52.1 Å². The first kappa shape index (κ1) is 48.3. The summed E-state index contributed by atoms with van der Waals surface area (Å²) in [5, 5.41) is 0. The molecule has 0 amide bonds. The number of hydrogen-bond acceptors (Lipinski definition) is 11. The molecule has 0 N–H and O–H groups in total. The summed E-state index contributed by atoms with van der Waals surface area (Å²) in [5.41, 5.74) is 6.05. The molecule has 6 aromatic rings. The van der Waals surface area contributed by atoms with Crippen LogP contribution < -0.4 is 0 Å². The van der Waals surface area contributed by atoms with Crippen LogP contribution in [0, 0.1) is 0 Å². The summed E-state index contributed by atoms with van der Waals surface area (Å²) in [6, 6.07) is 60.2. The monoisotopic (exact) mass is 910 g/mol. The van der Waals surface area contributed by atoms with E-state index in [0.29, 0.717) is 26.4 Å². The number of ether oxygens (including phenoxy) is 11. The maximum absolute atomic E-state index is 7.03. The van der Waals surface area contributed by atoms with Crippen LogP contribution in [-0.2, 0) is 91.7 Å². The lowest BCUT2D eigenvalue weighted by atomic mass is 9.96. The molecular formula is C56H62O11. The van der Waals surface area contributed by atoms with E-state index in [-0.39, 0.29) is 26.4 Å². The average molecular weight is 911 g/mol. The maximum atomic E-state index is 7.03. The van der Waals surface area contributed by atoms with Gasteiger partial charge in [-0.1, -0.05) is 182 Å². The van der Waals surface area contributed by atoms with Gasteiger partial charge in [-0.05, 0) is 33.4 Å². The van der Waals surface area contributed by atoms with Gasteiger partial charge in [0.1, 0.15) is 48.8 Å². The van der Waals surface area contributed by atoms with Gasteiger partial charge in [-0.2, -0.15) is 0 Å². The highest BCUT2D eigenvalue weighted by atomic mass is 16.7. The first-order chi connectivity index (χ1) is 33.1. The molecule has 0 bridgehead atoms. The molecule has 11 nitrogen and oxygen atoms in total. The second kappa shape index (κ2) is 25.9. The highest BCUT2D eigenvalue weighted by molar-refractivity contribution is 5.18. The lowest BCUT2D eigenvalue weighted by Crippen LogP contribution is -2.64. The lowest BCUT2D eigenvalue weighted by molar-refractivity contribution is -0.343. The van der Waals surface area contributed by atoms with E-state index < -0.39 is 61.4 Å². The molecule has 67 heavy (non-hydrogen) atoms. The summed E-state index contributed by atoms with van der Waals surface area (Å²) in [5.74, 6) is 0.